The molecule has 0 aliphatic rings. The molecule has 5 nitrogen and oxygen atoms in total. The lowest BCUT2D eigenvalue weighted by Crippen LogP contribution is -2.18. The van der Waals surface area contributed by atoms with Gasteiger partial charge in [0.25, 0.3) is 5.91 Å². The molecule has 2 heterocycles. The van der Waals surface area contributed by atoms with Crippen LogP contribution in [0, 0.1) is 20.8 Å². The third kappa shape index (κ3) is 5.86. The third-order valence-electron chi connectivity index (χ3n) is 5.29. The molecule has 180 valence electrons. The normalized spacial score (nSPS) is 12.3. The van der Waals surface area contributed by atoms with Gasteiger partial charge in [-0.3, -0.25) is 4.79 Å². The van der Waals surface area contributed by atoms with Crippen molar-refractivity contribution in [3.63, 3.8) is 0 Å². The first-order valence-electron chi connectivity index (χ1n) is 10.8. The van der Waals surface area contributed by atoms with Crippen LogP contribution < -0.4 is 10.6 Å². The fourth-order valence-electron chi connectivity index (χ4n) is 3.74. The Morgan fingerprint density at radius 1 is 0.914 bits per heavy atom. The van der Waals surface area contributed by atoms with E-state index < -0.39 is 17.8 Å². The number of amides is 1. The molecule has 1 atom stereocenters. The van der Waals surface area contributed by atoms with E-state index in [9.17, 15) is 18.0 Å². The number of aromatic nitrogens is 2. The highest BCUT2D eigenvalue weighted by atomic mass is 32.1. The maximum absolute atomic E-state index is 13.2. The van der Waals surface area contributed by atoms with Crippen LogP contribution in [0.5, 0.6) is 0 Å². The van der Waals surface area contributed by atoms with Crippen LogP contribution in [0.2, 0.25) is 0 Å². The predicted molar refractivity (Wildman–Crippen MR) is 132 cm³/mol. The molecule has 0 aliphatic carbocycles. The summed E-state index contributed by atoms with van der Waals surface area (Å²) in [5.41, 5.74) is 2.56. The lowest BCUT2D eigenvalue weighted by molar-refractivity contribution is -0.137. The minimum Gasteiger partial charge on any atom is -0.343 e. The molecule has 0 unspecified atom stereocenters. The molecule has 0 saturated carbocycles. The van der Waals surface area contributed by atoms with Crippen LogP contribution in [0.3, 0.4) is 0 Å². The van der Waals surface area contributed by atoms with Crippen LogP contribution in [0.15, 0.2) is 66.7 Å². The number of carbonyl (C=O) groups is 1. The van der Waals surface area contributed by atoms with E-state index in [4.69, 9.17) is 0 Å². The molecular weight excluding hydrogens is 473 g/mol. The van der Waals surface area contributed by atoms with Crippen molar-refractivity contribution >= 4 is 28.2 Å². The van der Waals surface area contributed by atoms with Crippen molar-refractivity contribution < 1.29 is 18.0 Å². The molecule has 4 aromatic rings. The third-order valence-corrected chi connectivity index (χ3v) is 6.27. The molecule has 0 bridgehead atoms. The van der Waals surface area contributed by atoms with Crippen molar-refractivity contribution in [2.75, 3.05) is 10.6 Å². The Bertz CT molecular complexity index is 1310. The molecule has 1 amide bonds. The quantitative estimate of drug-likeness (QED) is 0.304. The second-order valence-corrected chi connectivity index (χ2v) is 9.39. The first-order valence-corrected chi connectivity index (χ1v) is 11.6. The van der Waals surface area contributed by atoms with E-state index in [1.165, 1.54) is 23.5 Å². The highest BCUT2D eigenvalue weighted by Gasteiger charge is 2.31. The van der Waals surface area contributed by atoms with Crippen LogP contribution >= 0.6 is 11.3 Å². The van der Waals surface area contributed by atoms with Gasteiger partial charge in [0.1, 0.15) is 5.00 Å². The van der Waals surface area contributed by atoms with E-state index in [1.807, 2.05) is 39.0 Å². The van der Waals surface area contributed by atoms with Crippen LogP contribution in [0.4, 0.5) is 24.1 Å². The summed E-state index contributed by atoms with van der Waals surface area (Å²) in [7, 11) is 0. The summed E-state index contributed by atoms with van der Waals surface area (Å²) in [4.78, 5) is 22.7. The molecule has 0 radical (unpaired) electrons. The molecule has 0 saturated heterocycles. The number of hydrogen-bond acceptors (Lipinski definition) is 5. The number of carbonyl (C=O) groups excluding carboxylic acids is 1. The Morgan fingerprint density at radius 3 is 2.14 bits per heavy atom. The van der Waals surface area contributed by atoms with Gasteiger partial charge in [-0.15, -0.1) is 11.3 Å². The molecule has 35 heavy (non-hydrogen) atoms. The average Bonchev–Trinajstić information content (AvgIpc) is 3.16. The van der Waals surface area contributed by atoms with E-state index in [0.29, 0.717) is 27.6 Å². The van der Waals surface area contributed by atoms with E-state index >= 15 is 0 Å². The predicted octanol–water partition coefficient (Wildman–Crippen LogP) is 6.94. The zero-order chi connectivity index (χ0) is 25.2. The number of anilines is 2. The highest BCUT2D eigenvalue weighted by Crippen LogP contribution is 2.38. The van der Waals surface area contributed by atoms with Gasteiger partial charge < -0.3 is 10.6 Å². The molecule has 2 aromatic heterocycles. The number of benzene rings is 2. The molecule has 9 heteroatoms. The largest absolute Gasteiger partial charge is 0.416 e. The van der Waals surface area contributed by atoms with Gasteiger partial charge >= 0.3 is 6.18 Å². The Hall–Kier alpha value is -3.72. The zero-order valence-corrected chi connectivity index (χ0v) is 20.1. The number of rotatable bonds is 6. The summed E-state index contributed by atoms with van der Waals surface area (Å²) in [5, 5.41) is 6.83. The van der Waals surface area contributed by atoms with Gasteiger partial charge in [0.15, 0.2) is 0 Å². The van der Waals surface area contributed by atoms with Gasteiger partial charge in [-0.05, 0) is 62.7 Å². The van der Waals surface area contributed by atoms with Crippen molar-refractivity contribution in [2.24, 2.45) is 0 Å². The molecule has 2 N–H and O–H groups in total. The van der Waals surface area contributed by atoms with Gasteiger partial charge in [-0.1, -0.05) is 30.3 Å². The van der Waals surface area contributed by atoms with Gasteiger partial charge in [-0.2, -0.15) is 13.2 Å². The number of aryl methyl sites for hydroxylation is 3. The van der Waals surface area contributed by atoms with Gasteiger partial charge in [0, 0.05) is 27.4 Å². The first kappa shape index (κ1) is 24.4. The van der Waals surface area contributed by atoms with Crippen LogP contribution in [-0.2, 0) is 6.18 Å². The monoisotopic (exact) mass is 496 g/mol. The van der Waals surface area contributed by atoms with Crippen molar-refractivity contribution in [3.8, 4) is 0 Å². The average molecular weight is 497 g/mol. The van der Waals surface area contributed by atoms with Crippen LogP contribution in [-0.4, -0.2) is 15.9 Å². The summed E-state index contributed by atoms with van der Waals surface area (Å²) in [5.74, 6) is 0.0686. The second-order valence-electron chi connectivity index (χ2n) is 8.13. The molecule has 0 aliphatic heterocycles. The van der Waals surface area contributed by atoms with Crippen LogP contribution in [0.1, 0.15) is 49.4 Å². The highest BCUT2D eigenvalue weighted by molar-refractivity contribution is 7.16. The molecule has 2 aromatic carbocycles. The summed E-state index contributed by atoms with van der Waals surface area (Å²) in [6.45, 7) is 5.59. The number of alkyl halides is 3. The Kier molecular flexibility index (Phi) is 6.88. The first-order chi connectivity index (χ1) is 16.6. The minimum absolute atomic E-state index is 0.275. The van der Waals surface area contributed by atoms with E-state index in [-0.39, 0.29) is 5.91 Å². The molecule has 0 fully saturated rings. The number of hydrogen-bond donors (Lipinski definition) is 2. The van der Waals surface area contributed by atoms with Crippen molar-refractivity contribution in [3.05, 3.63) is 105 Å². The standard InChI is InChI=1S/C26H23F3N4OS/c1-15-13-16(2)31-25(30-15)32-22(18-9-11-20(12-10-18)26(27,28)29)21-14-17(3)35-24(21)33-23(34)19-7-5-4-6-8-19/h4-14,22H,1-3H3,(H,33,34)(H,30,31,32)/t22-/m0/s1. The van der Waals surface area contributed by atoms with E-state index in [2.05, 4.69) is 20.6 Å². The number of thiophene rings is 1. The summed E-state index contributed by atoms with van der Waals surface area (Å²) in [6, 6.07) is 16.9. The van der Waals surface area contributed by atoms with Gasteiger partial charge in [-0.25, -0.2) is 9.97 Å². The lowest BCUT2D eigenvalue weighted by Gasteiger charge is -2.21. The van der Waals surface area contributed by atoms with Gasteiger partial charge in [0.2, 0.25) is 5.95 Å². The van der Waals surface area contributed by atoms with Crippen LogP contribution in [0.25, 0.3) is 0 Å². The van der Waals surface area contributed by atoms with Crippen molar-refractivity contribution in [1.82, 2.24) is 9.97 Å². The molecule has 4 rings (SSSR count). The van der Waals surface area contributed by atoms with E-state index in [0.717, 1.165) is 28.4 Å². The summed E-state index contributed by atoms with van der Waals surface area (Å²) >= 11 is 1.39. The molecular formula is C26H23F3N4OS. The summed E-state index contributed by atoms with van der Waals surface area (Å²) in [6.07, 6.45) is -4.44. The fourth-order valence-corrected chi connectivity index (χ4v) is 4.68. The lowest BCUT2D eigenvalue weighted by atomic mass is 9.98. The smallest absolute Gasteiger partial charge is 0.343 e. The summed E-state index contributed by atoms with van der Waals surface area (Å²) < 4.78 is 39.5. The number of halogens is 3. The van der Waals surface area contributed by atoms with Gasteiger partial charge in [0.05, 0.1) is 11.6 Å². The second kappa shape index (κ2) is 9.87. The van der Waals surface area contributed by atoms with Crippen molar-refractivity contribution in [2.45, 2.75) is 33.0 Å². The minimum atomic E-state index is -4.44. The number of nitrogens with zero attached hydrogens (tertiary/aromatic N) is 2. The topological polar surface area (TPSA) is 66.9 Å². The maximum Gasteiger partial charge on any atom is 0.416 e. The Labute approximate surface area is 205 Å². The SMILES string of the molecule is Cc1cc(C)nc(N[C@@H](c2ccc(C(F)(F)F)cc2)c2cc(C)sc2NC(=O)c2ccccc2)n1. The van der Waals surface area contributed by atoms with E-state index in [1.54, 1.807) is 24.3 Å². The Balaban J connectivity index is 1.75. The van der Waals surface area contributed by atoms with Crippen molar-refractivity contribution in [1.29, 1.82) is 0 Å². The number of nitrogens with one attached hydrogen (secondary N) is 2. The fraction of sp³-hybridized carbons (Fsp3) is 0.192. The Morgan fingerprint density at radius 2 is 1.54 bits per heavy atom. The maximum atomic E-state index is 13.2. The zero-order valence-electron chi connectivity index (χ0n) is 19.3. The molecule has 0 spiro atoms.